The summed E-state index contributed by atoms with van der Waals surface area (Å²) in [7, 11) is 0. The molecule has 1 fully saturated rings. The maximum Gasteiger partial charge on any atom is 0.263 e. The molecule has 1 saturated carbocycles. The Kier molecular flexibility index (Phi) is 6.22. The van der Waals surface area contributed by atoms with Crippen molar-refractivity contribution in [2.45, 2.75) is 51.6 Å². The zero-order valence-corrected chi connectivity index (χ0v) is 13.9. The molecule has 23 heavy (non-hydrogen) atoms. The van der Waals surface area contributed by atoms with Crippen molar-refractivity contribution in [2.24, 2.45) is 5.92 Å². The van der Waals surface area contributed by atoms with E-state index in [9.17, 15) is 10.1 Å². The molecule has 0 radical (unpaired) electrons. The normalized spacial score (nSPS) is 22.7. The summed E-state index contributed by atoms with van der Waals surface area (Å²) >= 11 is 0. The number of rotatable bonds is 5. The van der Waals surface area contributed by atoms with Crippen molar-refractivity contribution >= 4 is 5.91 Å². The van der Waals surface area contributed by atoms with E-state index in [0.29, 0.717) is 12.0 Å². The topological polar surface area (TPSA) is 64.9 Å². The van der Waals surface area contributed by atoms with Gasteiger partial charge in [-0.05, 0) is 31.2 Å². The highest BCUT2D eigenvalue weighted by Crippen LogP contribution is 2.23. The van der Waals surface area contributed by atoms with E-state index in [2.05, 4.69) is 17.6 Å². The molecule has 2 N–H and O–H groups in total. The summed E-state index contributed by atoms with van der Waals surface area (Å²) in [5.41, 5.74) is 1.15. The predicted molar refractivity (Wildman–Crippen MR) is 91.3 cm³/mol. The molecular formula is C19H25N3O. The fraction of sp³-hybridized carbons (Fsp3) is 0.474. The van der Waals surface area contributed by atoms with Gasteiger partial charge in [0.2, 0.25) is 0 Å². The standard InChI is InChI=1S/C19H25N3O/c1-14-8-6-7-11-18(14)21-13-17(12-20)19(23)22-15(2)16-9-4-3-5-10-16/h3-5,9-10,13-15,18,21H,6-8,11H2,1-2H3,(H,22,23)/b17-13-. The van der Waals surface area contributed by atoms with Crippen molar-refractivity contribution in [1.29, 1.82) is 5.26 Å². The van der Waals surface area contributed by atoms with E-state index in [1.165, 1.54) is 19.3 Å². The highest BCUT2D eigenvalue weighted by molar-refractivity contribution is 5.97. The molecule has 0 bridgehead atoms. The van der Waals surface area contributed by atoms with Crippen LogP contribution in [0, 0.1) is 17.2 Å². The number of nitrogens with one attached hydrogen (secondary N) is 2. The Bertz CT molecular complexity index is 588. The first-order chi connectivity index (χ1) is 11.1. The second kappa shape index (κ2) is 8.38. The van der Waals surface area contributed by atoms with E-state index in [0.717, 1.165) is 12.0 Å². The quantitative estimate of drug-likeness (QED) is 0.646. The number of hydrogen-bond acceptors (Lipinski definition) is 3. The van der Waals surface area contributed by atoms with Crippen LogP contribution in [-0.4, -0.2) is 11.9 Å². The second-order valence-corrected chi connectivity index (χ2v) is 6.31. The van der Waals surface area contributed by atoms with Gasteiger partial charge in [-0.3, -0.25) is 4.79 Å². The Hall–Kier alpha value is -2.28. The SMILES string of the molecule is CC(NC(=O)/C(C#N)=C\NC1CCCCC1C)c1ccccc1. The van der Waals surface area contributed by atoms with E-state index >= 15 is 0 Å². The molecule has 1 aromatic rings. The number of nitrogens with zero attached hydrogens (tertiary/aromatic N) is 1. The van der Waals surface area contributed by atoms with Crippen molar-refractivity contribution in [2.75, 3.05) is 0 Å². The first-order valence-electron chi connectivity index (χ1n) is 8.34. The molecule has 0 spiro atoms. The maximum absolute atomic E-state index is 12.3. The summed E-state index contributed by atoms with van der Waals surface area (Å²) in [6.07, 6.45) is 6.35. The van der Waals surface area contributed by atoms with Gasteiger partial charge in [0, 0.05) is 12.2 Å². The van der Waals surface area contributed by atoms with Gasteiger partial charge >= 0.3 is 0 Å². The van der Waals surface area contributed by atoms with Gasteiger partial charge in [-0.2, -0.15) is 5.26 Å². The van der Waals surface area contributed by atoms with Gasteiger partial charge in [-0.25, -0.2) is 0 Å². The first-order valence-corrected chi connectivity index (χ1v) is 8.34. The van der Waals surface area contributed by atoms with Crippen LogP contribution in [0.15, 0.2) is 42.1 Å². The predicted octanol–water partition coefficient (Wildman–Crippen LogP) is 3.44. The molecular weight excluding hydrogens is 286 g/mol. The van der Waals surface area contributed by atoms with Crippen molar-refractivity contribution in [3.05, 3.63) is 47.7 Å². The minimum atomic E-state index is -0.334. The van der Waals surface area contributed by atoms with E-state index in [-0.39, 0.29) is 17.5 Å². The van der Waals surface area contributed by atoms with E-state index < -0.39 is 0 Å². The molecule has 0 heterocycles. The first kappa shape index (κ1) is 17.1. The zero-order valence-electron chi connectivity index (χ0n) is 13.9. The minimum absolute atomic E-state index is 0.130. The van der Waals surface area contributed by atoms with Crippen LogP contribution in [0.1, 0.15) is 51.1 Å². The van der Waals surface area contributed by atoms with Crippen LogP contribution in [0.4, 0.5) is 0 Å². The van der Waals surface area contributed by atoms with Gasteiger partial charge in [0.15, 0.2) is 0 Å². The molecule has 2 rings (SSSR count). The van der Waals surface area contributed by atoms with Crippen molar-refractivity contribution in [1.82, 2.24) is 10.6 Å². The van der Waals surface area contributed by atoms with Crippen LogP contribution in [0.5, 0.6) is 0 Å². The largest absolute Gasteiger partial charge is 0.387 e. The van der Waals surface area contributed by atoms with Gasteiger partial charge in [0.25, 0.3) is 5.91 Å². The third-order valence-corrected chi connectivity index (χ3v) is 4.57. The summed E-state index contributed by atoms with van der Waals surface area (Å²) in [5.74, 6) is 0.242. The van der Waals surface area contributed by atoms with E-state index in [1.54, 1.807) is 6.20 Å². The van der Waals surface area contributed by atoms with Crippen LogP contribution in [-0.2, 0) is 4.79 Å². The lowest BCUT2D eigenvalue weighted by atomic mass is 9.86. The summed E-state index contributed by atoms with van der Waals surface area (Å²) in [6, 6.07) is 12.0. The molecule has 4 nitrogen and oxygen atoms in total. The second-order valence-electron chi connectivity index (χ2n) is 6.31. The molecule has 0 saturated heterocycles. The molecule has 1 aliphatic carbocycles. The highest BCUT2D eigenvalue weighted by Gasteiger charge is 2.21. The van der Waals surface area contributed by atoms with Gasteiger partial charge in [0.1, 0.15) is 11.6 Å². The number of nitriles is 1. The van der Waals surface area contributed by atoms with Gasteiger partial charge < -0.3 is 10.6 Å². The fourth-order valence-electron chi connectivity index (χ4n) is 3.00. The van der Waals surface area contributed by atoms with Crippen LogP contribution < -0.4 is 10.6 Å². The smallest absolute Gasteiger partial charge is 0.263 e. The van der Waals surface area contributed by atoms with Gasteiger partial charge in [-0.1, -0.05) is 50.1 Å². The summed E-state index contributed by atoms with van der Waals surface area (Å²) < 4.78 is 0. The number of hydrogen-bond donors (Lipinski definition) is 2. The van der Waals surface area contributed by atoms with Gasteiger partial charge in [-0.15, -0.1) is 0 Å². The Morgan fingerprint density at radius 3 is 2.65 bits per heavy atom. The molecule has 1 amide bonds. The molecule has 1 aromatic carbocycles. The van der Waals surface area contributed by atoms with Crippen LogP contribution >= 0.6 is 0 Å². The zero-order chi connectivity index (χ0) is 16.7. The van der Waals surface area contributed by atoms with Crippen molar-refractivity contribution in [3.8, 4) is 6.07 Å². The lowest BCUT2D eigenvalue weighted by Crippen LogP contribution is -2.35. The fourth-order valence-corrected chi connectivity index (χ4v) is 3.00. The Morgan fingerprint density at radius 2 is 2.00 bits per heavy atom. The third-order valence-electron chi connectivity index (χ3n) is 4.57. The van der Waals surface area contributed by atoms with Crippen molar-refractivity contribution < 1.29 is 4.79 Å². The number of carbonyl (C=O) groups excluding carboxylic acids is 1. The van der Waals surface area contributed by atoms with Crippen LogP contribution in [0.3, 0.4) is 0 Å². The number of amides is 1. The lowest BCUT2D eigenvalue weighted by molar-refractivity contribution is -0.117. The molecule has 3 atom stereocenters. The van der Waals surface area contributed by atoms with Crippen LogP contribution in [0.25, 0.3) is 0 Å². The molecule has 3 unspecified atom stereocenters. The molecule has 122 valence electrons. The summed E-state index contributed by atoms with van der Waals surface area (Å²) in [4.78, 5) is 12.3. The van der Waals surface area contributed by atoms with Crippen molar-refractivity contribution in [3.63, 3.8) is 0 Å². The minimum Gasteiger partial charge on any atom is -0.387 e. The van der Waals surface area contributed by atoms with E-state index in [4.69, 9.17) is 0 Å². The maximum atomic E-state index is 12.3. The van der Waals surface area contributed by atoms with Crippen LogP contribution in [0.2, 0.25) is 0 Å². The van der Waals surface area contributed by atoms with Gasteiger partial charge in [0.05, 0.1) is 6.04 Å². The summed E-state index contributed by atoms with van der Waals surface area (Å²) in [5, 5.41) is 15.4. The Morgan fingerprint density at radius 1 is 1.30 bits per heavy atom. The van der Waals surface area contributed by atoms with E-state index in [1.807, 2.05) is 43.3 Å². The summed E-state index contributed by atoms with van der Waals surface area (Å²) in [6.45, 7) is 4.13. The molecule has 0 aromatic heterocycles. The molecule has 0 aliphatic heterocycles. The third kappa shape index (κ3) is 4.85. The number of carbonyl (C=O) groups is 1. The molecule has 4 heteroatoms. The monoisotopic (exact) mass is 311 g/mol. The Balaban J connectivity index is 1.95. The highest BCUT2D eigenvalue weighted by atomic mass is 16.1. The lowest BCUT2D eigenvalue weighted by Gasteiger charge is -2.29. The molecule has 1 aliphatic rings. The average molecular weight is 311 g/mol. The Labute approximate surface area is 138 Å². The number of benzene rings is 1. The average Bonchev–Trinajstić information content (AvgIpc) is 2.57.